The summed E-state index contributed by atoms with van der Waals surface area (Å²) in [4.78, 5) is 5.31. The van der Waals surface area contributed by atoms with Crippen LogP contribution in [0.3, 0.4) is 0 Å². The Labute approximate surface area is 124 Å². The summed E-state index contributed by atoms with van der Waals surface area (Å²) in [5.74, 6) is 2.02. The minimum Gasteiger partial charge on any atom is -0.329 e. The summed E-state index contributed by atoms with van der Waals surface area (Å²) >= 11 is 0. The van der Waals surface area contributed by atoms with E-state index in [2.05, 4.69) is 23.8 Å². The molecule has 3 atom stereocenters. The van der Waals surface area contributed by atoms with Gasteiger partial charge in [-0.05, 0) is 64.5 Å². The largest absolute Gasteiger partial charge is 0.329 e. The third-order valence-electron chi connectivity index (χ3n) is 6.18. The monoisotopic (exact) mass is 279 g/mol. The Bertz CT molecular complexity index is 328. The van der Waals surface area contributed by atoms with Crippen LogP contribution >= 0.6 is 0 Å². The fraction of sp³-hybridized carbons (Fsp3) is 1.00. The van der Waals surface area contributed by atoms with E-state index < -0.39 is 0 Å². The average molecular weight is 279 g/mol. The zero-order valence-electron chi connectivity index (χ0n) is 13.5. The standard InChI is InChI=1S/C17H33N3/c1-14-12-19(2)9-4-10-20(14)17(13-18)8-3-5-16(11-17)15-6-7-15/h14-16H,3-13,18H2,1-2H3. The second kappa shape index (κ2) is 5.94. The highest BCUT2D eigenvalue weighted by Gasteiger charge is 2.45. The Morgan fingerprint density at radius 2 is 1.90 bits per heavy atom. The van der Waals surface area contributed by atoms with E-state index in [0.717, 1.165) is 18.4 Å². The SMILES string of the molecule is CC1CN(C)CCCN1C1(CN)CCCC(C2CC2)C1. The van der Waals surface area contributed by atoms with Gasteiger partial charge in [-0.3, -0.25) is 4.90 Å². The lowest BCUT2D eigenvalue weighted by atomic mass is 9.72. The molecule has 1 saturated heterocycles. The minimum atomic E-state index is 0.316. The zero-order chi connectivity index (χ0) is 14.2. The summed E-state index contributed by atoms with van der Waals surface area (Å²) in [6, 6.07) is 0.656. The zero-order valence-corrected chi connectivity index (χ0v) is 13.5. The molecule has 3 heteroatoms. The normalized spacial score (nSPS) is 41.5. The van der Waals surface area contributed by atoms with E-state index >= 15 is 0 Å². The molecule has 0 bridgehead atoms. The van der Waals surface area contributed by atoms with Crippen molar-refractivity contribution in [3.05, 3.63) is 0 Å². The van der Waals surface area contributed by atoms with Crippen LogP contribution in [0.5, 0.6) is 0 Å². The molecule has 0 radical (unpaired) electrons. The van der Waals surface area contributed by atoms with Crippen LogP contribution in [0.15, 0.2) is 0 Å². The van der Waals surface area contributed by atoms with Gasteiger partial charge in [0.2, 0.25) is 0 Å². The minimum absolute atomic E-state index is 0.316. The Hall–Kier alpha value is -0.120. The molecule has 116 valence electrons. The smallest absolute Gasteiger partial charge is 0.0337 e. The summed E-state index contributed by atoms with van der Waals surface area (Å²) < 4.78 is 0. The number of nitrogens with zero attached hydrogens (tertiary/aromatic N) is 2. The molecule has 1 aliphatic heterocycles. The van der Waals surface area contributed by atoms with Crippen molar-refractivity contribution < 1.29 is 0 Å². The molecule has 3 nitrogen and oxygen atoms in total. The van der Waals surface area contributed by atoms with Crippen LogP contribution in [0.4, 0.5) is 0 Å². The number of rotatable bonds is 3. The Morgan fingerprint density at radius 3 is 2.60 bits per heavy atom. The summed E-state index contributed by atoms with van der Waals surface area (Å²) in [7, 11) is 2.27. The highest BCUT2D eigenvalue weighted by atomic mass is 15.3. The van der Waals surface area contributed by atoms with E-state index in [4.69, 9.17) is 5.73 Å². The lowest BCUT2D eigenvalue weighted by molar-refractivity contribution is 0.00541. The van der Waals surface area contributed by atoms with Gasteiger partial charge in [0, 0.05) is 31.2 Å². The van der Waals surface area contributed by atoms with Crippen molar-refractivity contribution in [2.45, 2.75) is 63.5 Å². The van der Waals surface area contributed by atoms with Crippen LogP contribution in [0, 0.1) is 11.8 Å². The maximum atomic E-state index is 6.34. The van der Waals surface area contributed by atoms with Crippen molar-refractivity contribution in [3.8, 4) is 0 Å². The predicted octanol–water partition coefficient (Wildman–Crippen LogP) is 2.31. The van der Waals surface area contributed by atoms with Gasteiger partial charge in [0.25, 0.3) is 0 Å². The van der Waals surface area contributed by atoms with Gasteiger partial charge in [-0.15, -0.1) is 0 Å². The quantitative estimate of drug-likeness (QED) is 0.860. The highest BCUT2D eigenvalue weighted by molar-refractivity contribution is 5.01. The summed E-state index contributed by atoms with van der Waals surface area (Å²) in [6.45, 7) is 6.98. The summed E-state index contributed by atoms with van der Waals surface area (Å²) in [5.41, 5.74) is 6.66. The Kier molecular flexibility index (Phi) is 4.40. The molecule has 0 spiro atoms. The van der Waals surface area contributed by atoms with Gasteiger partial charge in [0.05, 0.1) is 0 Å². The van der Waals surface area contributed by atoms with E-state index in [-0.39, 0.29) is 0 Å². The van der Waals surface area contributed by atoms with Crippen LogP contribution in [-0.4, -0.2) is 54.6 Å². The van der Waals surface area contributed by atoms with Crippen molar-refractivity contribution in [2.24, 2.45) is 17.6 Å². The first-order valence-corrected chi connectivity index (χ1v) is 8.80. The van der Waals surface area contributed by atoms with Crippen molar-refractivity contribution >= 4 is 0 Å². The fourth-order valence-electron chi connectivity index (χ4n) is 5.00. The summed E-state index contributed by atoms with van der Waals surface area (Å²) in [6.07, 6.45) is 9.86. The van der Waals surface area contributed by atoms with Crippen LogP contribution in [0.2, 0.25) is 0 Å². The Morgan fingerprint density at radius 1 is 1.10 bits per heavy atom. The number of hydrogen-bond acceptors (Lipinski definition) is 3. The molecular formula is C17H33N3. The maximum absolute atomic E-state index is 6.34. The van der Waals surface area contributed by atoms with Gasteiger partial charge in [-0.2, -0.15) is 0 Å². The molecule has 3 fully saturated rings. The maximum Gasteiger partial charge on any atom is 0.0337 e. The molecule has 2 saturated carbocycles. The molecule has 20 heavy (non-hydrogen) atoms. The summed E-state index contributed by atoms with van der Waals surface area (Å²) in [5, 5.41) is 0. The average Bonchev–Trinajstić information content (AvgIpc) is 3.27. The topological polar surface area (TPSA) is 32.5 Å². The van der Waals surface area contributed by atoms with Crippen LogP contribution in [-0.2, 0) is 0 Å². The van der Waals surface area contributed by atoms with Crippen molar-refractivity contribution in [3.63, 3.8) is 0 Å². The first kappa shape index (κ1) is 14.8. The van der Waals surface area contributed by atoms with Gasteiger partial charge in [0.1, 0.15) is 0 Å². The molecule has 0 aromatic carbocycles. The van der Waals surface area contributed by atoms with E-state index in [1.807, 2.05) is 0 Å². The predicted molar refractivity (Wildman–Crippen MR) is 84.7 cm³/mol. The van der Waals surface area contributed by atoms with E-state index in [9.17, 15) is 0 Å². The first-order valence-electron chi connectivity index (χ1n) is 8.80. The lowest BCUT2D eigenvalue weighted by Gasteiger charge is -2.50. The number of likely N-dealkylation sites (N-methyl/N-ethyl adjacent to an activating group) is 1. The van der Waals surface area contributed by atoms with Gasteiger partial charge < -0.3 is 10.6 Å². The molecule has 0 aromatic heterocycles. The molecule has 1 heterocycles. The van der Waals surface area contributed by atoms with E-state index in [0.29, 0.717) is 11.6 Å². The van der Waals surface area contributed by atoms with Crippen LogP contribution < -0.4 is 5.73 Å². The molecule has 2 aliphatic carbocycles. The van der Waals surface area contributed by atoms with E-state index in [1.165, 1.54) is 64.6 Å². The second-order valence-corrected chi connectivity index (χ2v) is 7.78. The lowest BCUT2D eigenvalue weighted by Crippen LogP contribution is -2.60. The first-order chi connectivity index (χ1) is 9.64. The molecule has 3 unspecified atom stereocenters. The Balaban J connectivity index is 1.75. The molecular weight excluding hydrogens is 246 g/mol. The van der Waals surface area contributed by atoms with Crippen LogP contribution in [0.25, 0.3) is 0 Å². The van der Waals surface area contributed by atoms with Gasteiger partial charge in [-0.1, -0.05) is 12.8 Å². The molecule has 0 aromatic rings. The number of hydrogen-bond donors (Lipinski definition) is 1. The highest BCUT2D eigenvalue weighted by Crippen LogP contribution is 2.48. The van der Waals surface area contributed by atoms with Crippen molar-refractivity contribution in [1.82, 2.24) is 9.80 Å². The van der Waals surface area contributed by atoms with E-state index in [1.54, 1.807) is 0 Å². The van der Waals surface area contributed by atoms with Gasteiger partial charge in [-0.25, -0.2) is 0 Å². The number of nitrogens with two attached hydrogens (primary N) is 1. The third kappa shape index (κ3) is 2.90. The van der Waals surface area contributed by atoms with Crippen molar-refractivity contribution in [1.29, 1.82) is 0 Å². The van der Waals surface area contributed by atoms with Gasteiger partial charge in [0.15, 0.2) is 0 Å². The third-order valence-corrected chi connectivity index (χ3v) is 6.18. The fourth-order valence-corrected chi connectivity index (χ4v) is 5.00. The second-order valence-electron chi connectivity index (χ2n) is 7.78. The molecule has 2 N–H and O–H groups in total. The van der Waals surface area contributed by atoms with Crippen LogP contribution in [0.1, 0.15) is 51.9 Å². The van der Waals surface area contributed by atoms with Crippen molar-refractivity contribution in [2.75, 3.05) is 33.2 Å². The molecule has 3 rings (SSSR count). The molecule has 0 amide bonds. The van der Waals surface area contributed by atoms with Gasteiger partial charge >= 0.3 is 0 Å². The molecule has 3 aliphatic rings.